The maximum absolute atomic E-state index is 10.9. The van der Waals surface area contributed by atoms with Gasteiger partial charge in [0.25, 0.3) is 0 Å². The van der Waals surface area contributed by atoms with Gasteiger partial charge in [0.05, 0.1) is 20.8 Å². The number of carbonyl (C=O) groups is 1. The normalized spacial score (nSPS) is 9.88. The second-order valence-corrected chi connectivity index (χ2v) is 3.80. The van der Waals surface area contributed by atoms with Crippen LogP contribution in [0.3, 0.4) is 0 Å². The van der Waals surface area contributed by atoms with Crippen molar-refractivity contribution in [2.24, 2.45) is 0 Å². The predicted molar refractivity (Wildman–Crippen MR) is 65.1 cm³/mol. The number of hydrogen-bond acceptors (Lipinski definition) is 4. The van der Waals surface area contributed by atoms with Gasteiger partial charge in [-0.1, -0.05) is 0 Å². The first-order valence-electron chi connectivity index (χ1n) is 5.43. The molecule has 0 aliphatic heterocycles. The van der Waals surface area contributed by atoms with Crippen molar-refractivity contribution >= 4 is 5.78 Å². The first-order valence-corrected chi connectivity index (χ1v) is 5.43. The van der Waals surface area contributed by atoms with E-state index in [-0.39, 0.29) is 5.78 Å². The molecule has 1 aromatic carbocycles. The number of carbonyl (C=O) groups excluding carboxylic acids is 1. The highest BCUT2D eigenvalue weighted by Crippen LogP contribution is 2.38. The quantitative estimate of drug-likeness (QED) is 0.763. The molecular weight excluding hydrogens is 220 g/mol. The predicted octanol–water partition coefficient (Wildman–Crippen LogP) is 2.37. The van der Waals surface area contributed by atoms with Crippen molar-refractivity contribution in [1.82, 2.24) is 0 Å². The van der Waals surface area contributed by atoms with Crippen molar-refractivity contribution < 1.29 is 19.0 Å². The van der Waals surface area contributed by atoms with Crippen LogP contribution in [-0.2, 0) is 4.79 Å². The SMILES string of the molecule is COc1cc(C)cc(OC)c1OCCC(C)=O. The summed E-state index contributed by atoms with van der Waals surface area (Å²) >= 11 is 0. The summed E-state index contributed by atoms with van der Waals surface area (Å²) in [5.74, 6) is 1.87. The van der Waals surface area contributed by atoms with Crippen LogP contribution in [0, 0.1) is 6.92 Å². The molecule has 0 saturated carbocycles. The third-order valence-electron chi connectivity index (χ3n) is 2.31. The molecule has 4 nitrogen and oxygen atoms in total. The zero-order chi connectivity index (χ0) is 12.8. The van der Waals surface area contributed by atoms with E-state index in [2.05, 4.69) is 0 Å². The van der Waals surface area contributed by atoms with Crippen LogP contribution >= 0.6 is 0 Å². The lowest BCUT2D eigenvalue weighted by atomic mass is 10.2. The number of Topliss-reactive ketones (excluding diaryl/α,β-unsaturated/α-hetero) is 1. The third kappa shape index (κ3) is 3.66. The third-order valence-corrected chi connectivity index (χ3v) is 2.31. The van der Waals surface area contributed by atoms with Crippen LogP contribution in [0.15, 0.2) is 12.1 Å². The molecule has 1 aromatic rings. The van der Waals surface area contributed by atoms with Gasteiger partial charge in [0, 0.05) is 6.42 Å². The highest BCUT2D eigenvalue weighted by molar-refractivity contribution is 5.75. The van der Waals surface area contributed by atoms with Crippen LogP contribution in [-0.4, -0.2) is 26.6 Å². The van der Waals surface area contributed by atoms with Gasteiger partial charge < -0.3 is 14.2 Å². The van der Waals surface area contributed by atoms with Crippen LogP contribution in [0.2, 0.25) is 0 Å². The highest BCUT2D eigenvalue weighted by Gasteiger charge is 2.12. The monoisotopic (exact) mass is 238 g/mol. The number of methoxy groups -OCH3 is 2. The van der Waals surface area contributed by atoms with Crippen LogP contribution in [0.1, 0.15) is 18.9 Å². The Morgan fingerprint density at radius 1 is 1.18 bits per heavy atom. The summed E-state index contributed by atoms with van der Waals surface area (Å²) in [5, 5.41) is 0. The molecule has 0 aromatic heterocycles. The van der Waals surface area contributed by atoms with E-state index in [4.69, 9.17) is 14.2 Å². The molecule has 0 aliphatic rings. The van der Waals surface area contributed by atoms with Gasteiger partial charge in [-0.15, -0.1) is 0 Å². The van der Waals surface area contributed by atoms with Crippen molar-refractivity contribution in [2.75, 3.05) is 20.8 Å². The molecule has 0 atom stereocenters. The first kappa shape index (κ1) is 13.4. The molecule has 94 valence electrons. The molecule has 0 amide bonds. The fraction of sp³-hybridized carbons (Fsp3) is 0.462. The summed E-state index contributed by atoms with van der Waals surface area (Å²) in [6.07, 6.45) is 0.375. The van der Waals surface area contributed by atoms with Crippen LogP contribution in [0.25, 0.3) is 0 Å². The van der Waals surface area contributed by atoms with E-state index in [9.17, 15) is 4.79 Å². The van der Waals surface area contributed by atoms with Gasteiger partial charge in [-0.05, 0) is 31.5 Å². The van der Waals surface area contributed by atoms with Crippen LogP contribution in [0.5, 0.6) is 17.2 Å². The van der Waals surface area contributed by atoms with Crippen LogP contribution in [0.4, 0.5) is 0 Å². The largest absolute Gasteiger partial charge is 0.493 e. The van der Waals surface area contributed by atoms with Crippen molar-refractivity contribution in [2.45, 2.75) is 20.3 Å². The molecule has 0 fully saturated rings. The maximum Gasteiger partial charge on any atom is 0.203 e. The van der Waals surface area contributed by atoms with E-state index in [1.807, 2.05) is 19.1 Å². The molecule has 1 rings (SSSR count). The Morgan fingerprint density at radius 2 is 1.71 bits per heavy atom. The Labute approximate surface area is 101 Å². The van der Waals surface area contributed by atoms with E-state index in [1.54, 1.807) is 14.2 Å². The number of hydrogen-bond donors (Lipinski definition) is 0. The van der Waals surface area contributed by atoms with Gasteiger partial charge in [-0.3, -0.25) is 4.79 Å². The van der Waals surface area contributed by atoms with Crippen molar-refractivity contribution in [3.05, 3.63) is 17.7 Å². The summed E-state index contributed by atoms with van der Waals surface area (Å²) in [6.45, 7) is 3.81. The average molecular weight is 238 g/mol. The summed E-state index contributed by atoms with van der Waals surface area (Å²) in [6, 6.07) is 3.73. The topological polar surface area (TPSA) is 44.8 Å². The van der Waals surface area contributed by atoms with Gasteiger partial charge in [-0.25, -0.2) is 0 Å². The number of ether oxygens (including phenoxy) is 3. The number of aryl methyl sites for hydroxylation is 1. The Morgan fingerprint density at radius 3 is 2.12 bits per heavy atom. The molecule has 0 heterocycles. The number of ketones is 1. The Kier molecular flexibility index (Phi) is 4.82. The number of benzene rings is 1. The minimum atomic E-state index is 0.0926. The lowest BCUT2D eigenvalue weighted by Gasteiger charge is -2.14. The molecule has 0 spiro atoms. The Bertz CT molecular complexity index is 373. The Hall–Kier alpha value is -1.71. The molecule has 0 saturated heterocycles. The molecule has 0 N–H and O–H groups in total. The van der Waals surface area contributed by atoms with Gasteiger partial charge in [0.2, 0.25) is 5.75 Å². The standard InChI is InChI=1S/C13H18O4/c1-9-7-11(15-3)13(12(8-9)16-4)17-6-5-10(2)14/h7-8H,5-6H2,1-4H3. The minimum Gasteiger partial charge on any atom is -0.493 e. The van der Waals surface area contributed by atoms with Gasteiger partial charge in [-0.2, -0.15) is 0 Å². The number of rotatable bonds is 6. The van der Waals surface area contributed by atoms with E-state index in [0.29, 0.717) is 30.3 Å². The van der Waals surface area contributed by atoms with Gasteiger partial charge in [0.1, 0.15) is 5.78 Å². The summed E-state index contributed by atoms with van der Waals surface area (Å²) in [7, 11) is 3.15. The molecule has 0 unspecified atom stereocenters. The fourth-order valence-corrected chi connectivity index (χ4v) is 1.45. The lowest BCUT2D eigenvalue weighted by molar-refractivity contribution is -0.117. The molecule has 0 radical (unpaired) electrons. The lowest BCUT2D eigenvalue weighted by Crippen LogP contribution is -2.05. The van der Waals surface area contributed by atoms with Crippen LogP contribution < -0.4 is 14.2 Å². The second kappa shape index (κ2) is 6.13. The van der Waals surface area contributed by atoms with E-state index in [1.165, 1.54) is 6.92 Å². The van der Waals surface area contributed by atoms with E-state index < -0.39 is 0 Å². The molecular formula is C13H18O4. The van der Waals surface area contributed by atoms with Gasteiger partial charge >= 0.3 is 0 Å². The summed E-state index contributed by atoms with van der Waals surface area (Å²) < 4.78 is 16.0. The average Bonchev–Trinajstić information content (AvgIpc) is 2.29. The molecule has 0 bridgehead atoms. The second-order valence-electron chi connectivity index (χ2n) is 3.80. The van der Waals surface area contributed by atoms with E-state index in [0.717, 1.165) is 5.56 Å². The Balaban J connectivity index is 2.90. The fourth-order valence-electron chi connectivity index (χ4n) is 1.45. The first-order chi connectivity index (χ1) is 8.08. The maximum atomic E-state index is 10.9. The summed E-state index contributed by atoms with van der Waals surface area (Å²) in [5.41, 5.74) is 1.03. The molecule has 4 heteroatoms. The molecule has 17 heavy (non-hydrogen) atoms. The van der Waals surface area contributed by atoms with Crippen molar-refractivity contribution in [3.8, 4) is 17.2 Å². The van der Waals surface area contributed by atoms with Crippen molar-refractivity contribution in [1.29, 1.82) is 0 Å². The highest BCUT2D eigenvalue weighted by atomic mass is 16.5. The van der Waals surface area contributed by atoms with E-state index >= 15 is 0 Å². The van der Waals surface area contributed by atoms with Gasteiger partial charge in [0.15, 0.2) is 11.5 Å². The van der Waals surface area contributed by atoms with Crippen molar-refractivity contribution in [3.63, 3.8) is 0 Å². The summed E-state index contributed by atoms with van der Waals surface area (Å²) in [4.78, 5) is 10.9. The zero-order valence-electron chi connectivity index (χ0n) is 10.7. The minimum absolute atomic E-state index is 0.0926. The smallest absolute Gasteiger partial charge is 0.203 e. The molecule has 0 aliphatic carbocycles. The zero-order valence-corrected chi connectivity index (χ0v) is 10.7.